The summed E-state index contributed by atoms with van der Waals surface area (Å²) in [5.41, 5.74) is 1.39. The zero-order valence-electron chi connectivity index (χ0n) is 27.3. The lowest BCUT2D eigenvalue weighted by molar-refractivity contribution is 0.258. The standard InChI is InChI=1S/C38H58N2O3/c1-3-5-7-9-11-13-15-17-19-23-29-42-35-28-27-32(37-39-34-26-22-21-25-33(34)38(41)40-37)31-36(35)43-30-24-20-18-16-14-12-10-8-6-4-2/h21-22,25-28,31H,3-20,23-24,29-30H2,1-2H3,(H,39,40,41). The van der Waals surface area contributed by atoms with Gasteiger partial charge >= 0.3 is 0 Å². The van der Waals surface area contributed by atoms with Gasteiger partial charge in [0.1, 0.15) is 5.82 Å². The number of ether oxygens (including phenoxy) is 2. The number of nitrogens with zero attached hydrogens (tertiary/aromatic N) is 1. The highest BCUT2D eigenvalue weighted by Gasteiger charge is 2.12. The van der Waals surface area contributed by atoms with E-state index in [1.165, 1.54) is 116 Å². The van der Waals surface area contributed by atoms with E-state index in [4.69, 9.17) is 14.5 Å². The van der Waals surface area contributed by atoms with E-state index in [0.717, 1.165) is 29.9 Å². The Morgan fingerprint density at radius 2 is 1.07 bits per heavy atom. The molecule has 0 aliphatic heterocycles. The molecule has 1 heterocycles. The number of aromatic amines is 1. The summed E-state index contributed by atoms with van der Waals surface area (Å²) in [7, 11) is 0. The lowest BCUT2D eigenvalue weighted by Gasteiger charge is -2.14. The number of nitrogens with one attached hydrogen (secondary N) is 1. The zero-order valence-corrected chi connectivity index (χ0v) is 27.3. The van der Waals surface area contributed by atoms with Crippen LogP contribution in [0.5, 0.6) is 11.5 Å². The van der Waals surface area contributed by atoms with E-state index < -0.39 is 0 Å². The molecule has 1 aromatic heterocycles. The van der Waals surface area contributed by atoms with Crippen molar-refractivity contribution in [2.24, 2.45) is 0 Å². The third-order valence-corrected chi connectivity index (χ3v) is 8.34. The van der Waals surface area contributed by atoms with Crippen LogP contribution in [-0.2, 0) is 0 Å². The number of rotatable bonds is 25. The lowest BCUT2D eigenvalue weighted by Crippen LogP contribution is -2.09. The van der Waals surface area contributed by atoms with Crippen LogP contribution in [0.15, 0.2) is 47.3 Å². The van der Waals surface area contributed by atoms with Crippen molar-refractivity contribution >= 4 is 10.9 Å². The number of para-hydroxylation sites is 1. The van der Waals surface area contributed by atoms with Gasteiger partial charge in [0, 0.05) is 5.56 Å². The normalized spacial score (nSPS) is 11.3. The molecule has 3 rings (SSSR count). The molecule has 0 aliphatic rings. The molecule has 5 heteroatoms. The first kappa shape index (κ1) is 34.7. The Morgan fingerprint density at radius 1 is 0.581 bits per heavy atom. The zero-order chi connectivity index (χ0) is 30.4. The van der Waals surface area contributed by atoms with Gasteiger partial charge in [-0.15, -0.1) is 0 Å². The molecule has 0 aliphatic carbocycles. The molecule has 3 aromatic rings. The van der Waals surface area contributed by atoms with Crippen LogP contribution in [-0.4, -0.2) is 23.2 Å². The fourth-order valence-electron chi connectivity index (χ4n) is 5.65. The van der Waals surface area contributed by atoms with E-state index in [1.807, 2.05) is 36.4 Å². The van der Waals surface area contributed by atoms with Gasteiger partial charge in [-0.2, -0.15) is 0 Å². The Hall–Kier alpha value is -2.82. The molecule has 0 amide bonds. The molecule has 0 saturated carbocycles. The van der Waals surface area contributed by atoms with Gasteiger partial charge in [0.15, 0.2) is 11.5 Å². The van der Waals surface area contributed by atoms with Crippen molar-refractivity contribution in [3.63, 3.8) is 0 Å². The van der Waals surface area contributed by atoms with Crippen molar-refractivity contribution in [3.05, 3.63) is 52.8 Å². The second-order valence-electron chi connectivity index (χ2n) is 12.2. The van der Waals surface area contributed by atoms with Crippen molar-refractivity contribution < 1.29 is 9.47 Å². The van der Waals surface area contributed by atoms with Crippen molar-refractivity contribution in [2.75, 3.05) is 13.2 Å². The summed E-state index contributed by atoms with van der Waals surface area (Å²) in [6.07, 6.45) is 26.0. The fourth-order valence-corrected chi connectivity index (χ4v) is 5.65. The van der Waals surface area contributed by atoms with Gasteiger partial charge in [0.2, 0.25) is 0 Å². The predicted molar refractivity (Wildman–Crippen MR) is 182 cm³/mol. The highest BCUT2D eigenvalue weighted by Crippen LogP contribution is 2.32. The van der Waals surface area contributed by atoms with Crippen molar-refractivity contribution in [3.8, 4) is 22.9 Å². The minimum absolute atomic E-state index is 0.130. The predicted octanol–water partition coefficient (Wildman–Crippen LogP) is 11.2. The summed E-state index contributed by atoms with van der Waals surface area (Å²) in [6, 6.07) is 13.3. The monoisotopic (exact) mass is 590 g/mol. The van der Waals surface area contributed by atoms with Gasteiger partial charge < -0.3 is 14.5 Å². The Morgan fingerprint density at radius 3 is 1.63 bits per heavy atom. The highest BCUT2D eigenvalue weighted by atomic mass is 16.5. The smallest absolute Gasteiger partial charge is 0.259 e. The minimum Gasteiger partial charge on any atom is -0.490 e. The van der Waals surface area contributed by atoms with E-state index in [-0.39, 0.29) is 5.56 Å². The van der Waals surface area contributed by atoms with Crippen LogP contribution >= 0.6 is 0 Å². The Balaban J connectivity index is 1.49. The fraction of sp³-hybridized carbons (Fsp3) is 0.632. The lowest BCUT2D eigenvalue weighted by atomic mass is 10.1. The number of hydrogen-bond acceptors (Lipinski definition) is 4. The molecule has 1 N–H and O–H groups in total. The summed E-state index contributed by atoms with van der Waals surface area (Å²) in [4.78, 5) is 20.4. The van der Waals surface area contributed by atoms with Gasteiger partial charge in [-0.25, -0.2) is 4.98 Å². The number of hydrogen-bond donors (Lipinski definition) is 1. The van der Waals surface area contributed by atoms with E-state index in [2.05, 4.69) is 18.8 Å². The second-order valence-corrected chi connectivity index (χ2v) is 12.2. The average Bonchev–Trinajstić information content (AvgIpc) is 3.03. The third kappa shape index (κ3) is 13.6. The molecule has 43 heavy (non-hydrogen) atoms. The van der Waals surface area contributed by atoms with Crippen LogP contribution in [0, 0.1) is 0 Å². The number of aromatic nitrogens is 2. The molecule has 0 atom stereocenters. The van der Waals surface area contributed by atoms with E-state index in [0.29, 0.717) is 29.9 Å². The Kier molecular flexibility index (Phi) is 17.6. The summed E-state index contributed by atoms with van der Waals surface area (Å²) in [5, 5.41) is 0.597. The summed E-state index contributed by atoms with van der Waals surface area (Å²) < 4.78 is 12.5. The molecule has 238 valence electrons. The van der Waals surface area contributed by atoms with E-state index in [9.17, 15) is 4.79 Å². The first-order valence-corrected chi connectivity index (χ1v) is 17.6. The van der Waals surface area contributed by atoms with Crippen LogP contribution < -0.4 is 15.0 Å². The second kappa shape index (κ2) is 21.8. The topological polar surface area (TPSA) is 64.2 Å². The molecule has 0 unspecified atom stereocenters. The quantitative estimate of drug-likeness (QED) is 0.0997. The van der Waals surface area contributed by atoms with Crippen LogP contribution in [0.1, 0.15) is 142 Å². The molecule has 0 fully saturated rings. The van der Waals surface area contributed by atoms with Gasteiger partial charge in [0.05, 0.1) is 24.1 Å². The first-order valence-electron chi connectivity index (χ1n) is 17.6. The van der Waals surface area contributed by atoms with Crippen LogP contribution in [0.4, 0.5) is 0 Å². The average molecular weight is 591 g/mol. The highest BCUT2D eigenvalue weighted by molar-refractivity contribution is 5.79. The summed E-state index contributed by atoms with van der Waals surface area (Å²) in [5.74, 6) is 2.06. The molecule has 0 bridgehead atoms. The summed E-state index contributed by atoms with van der Waals surface area (Å²) >= 11 is 0. The van der Waals surface area contributed by atoms with E-state index in [1.54, 1.807) is 6.07 Å². The molecule has 0 radical (unpaired) electrons. The molecule has 0 spiro atoms. The van der Waals surface area contributed by atoms with Crippen LogP contribution in [0.25, 0.3) is 22.3 Å². The van der Waals surface area contributed by atoms with Crippen molar-refractivity contribution in [1.29, 1.82) is 0 Å². The van der Waals surface area contributed by atoms with Gasteiger partial charge in [0.25, 0.3) is 5.56 Å². The number of benzene rings is 2. The maximum atomic E-state index is 12.7. The molecule has 5 nitrogen and oxygen atoms in total. The SMILES string of the molecule is CCCCCCCCCCCCOc1ccc(-c2nc3ccccc3c(=O)[nH]2)cc1OCCCCCCCCCCCC. The maximum Gasteiger partial charge on any atom is 0.259 e. The van der Waals surface area contributed by atoms with Crippen molar-refractivity contribution in [1.82, 2.24) is 9.97 Å². The Bertz CT molecular complexity index is 1210. The largest absolute Gasteiger partial charge is 0.490 e. The van der Waals surface area contributed by atoms with Crippen LogP contribution in [0.3, 0.4) is 0 Å². The Labute approximate surface area is 261 Å². The summed E-state index contributed by atoms with van der Waals surface area (Å²) in [6.45, 7) is 5.90. The molecule has 0 saturated heterocycles. The van der Waals surface area contributed by atoms with Gasteiger partial charge in [-0.3, -0.25) is 4.79 Å². The van der Waals surface area contributed by atoms with Crippen molar-refractivity contribution in [2.45, 2.75) is 142 Å². The molecular weight excluding hydrogens is 532 g/mol. The number of H-pyrrole nitrogens is 1. The number of unbranched alkanes of at least 4 members (excludes halogenated alkanes) is 18. The first-order chi connectivity index (χ1) is 21.2. The third-order valence-electron chi connectivity index (χ3n) is 8.34. The molecule has 2 aromatic carbocycles. The van der Waals surface area contributed by atoms with E-state index >= 15 is 0 Å². The maximum absolute atomic E-state index is 12.7. The van der Waals surface area contributed by atoms with Crippen LogP contribution in [0.2, 0.25) is 0 Å². The van der Waals surface area contributed by atoms with Gasteiger partial charge in [-0.1, -0.05) is 142 Å². The minimum atomic E-state index is -0.130. The molecular formula is C38H58N2O3. The van der Waals surface area contributed by atoms with Gasteiger partial charge in [-0.05, 0) is 43.2 Å². The number of fused-ring (bicyclic) bond motifs is 1.